The molecule has 1 N–H and O–H groups in total. The molecule has 3 heteroatoms. The number of nitrogens with one attached hydrogen (secondary N) is 1. The second-order valence-electron chi connectivity index (χ2n) is 7.56. The van der Waals surface area contributed by atoms with E-state index in [0.29, 0.717) is 0 Å². The predicted octanol–water partition coefficient (Wildman–Crippen LogP) is 2.22. The summed E-state index contributed by atoms with van der Waals surface area (Å²) in [5.41, 5.74) is 0. The second-order valence-corrected chi connectivity index (χ2v) is 7.56. The van der Waals surface area contributed by atoms with Gasteiger partial charge in [-0.3, -0.25) is 9.80 Å². The topological polar surface area (TPSA) is 18.5 Å². The molecule has 0 amide bonds. The zero-order valence-corrected chi connectivity index (χ0v) is 13.1. The molecule has 0 aromatic heterocycles. The van der Waals surface area contributed by atoms with Crippen LogP contribution in [0, 0.1) is 0 Å². The molecule has 3 nitrogen and oxygen atoms in total. The molecule has 4 atom stereocenters. The van der Waals surface area contributed by atoms with Crippen molar-refractivity contribution in [2.75, 3.05) is 19.6 Å². The van der Waals surface area contributed by atoms with Gasteiger partial charge in [0.15, 0.2) is 0 Å². The van der Waals surface area contributed by atoms with E-state index in [-0.39, 0.29) is 0 Å². The van der Waals surface area contributed by atoms with Crippen LogP contribution in [0.5, 0.6) is 0 Å². The summed E-state index contributed by atoms with van der Waals surface area (Å²) in [7, 11) is 0. The summed E-state index contributed by atoms with van der Waals surface area (Å²) in [5.74, 6) is 0. The third kappa shape index (κ3) is 2.22. The van der Waals surface area contributed by atoms with E-state index in [1.165, 1.54) is 71.0 Å². The van der Waals surface area contributed by atoms with Gasteiger partial charge in [0.25, 0.3) is 0 Å². The van der Waals surface area contributed by atoms with Crippen molar-refractivity contribution in [3.05, 3.63) is 0 Å². The summed E-state index contributed by atoms with van der Waals surface area (Å²) >= 11 is 0. The van der Waals surface area contributed by atoms with E-state index < -0.39 is 0 Å². The molecular weight excluding hydrogens is 246 g/mol. The zero-order valence-electron chi connectivity index (χ0n) is 13.1. The number of rotatable bonds is 4. The summed E-state index contributed by atoms with van der Waals surface area (Å²) in [6, 6.07) is 4.42. The number of piperidine rings is 1. The first-order chi connectivity index (χ1) is 9.86. The maximum Gasteiger partial charge on any atom is 0.0269 e. The first-order valence-corrected chi connectivity index (χ1v) is 9.11. The lowest BCUT2D eigenvalue weighted by Crippen LogP contribution is -2.55. The van der Waals surface area contributed by atoms with Gasteiger partial charge in [0.05, 0.1) is 0 Å². The van der Waals surface area contributed by atoms with Gasteiger partial charge in [0.2, 0.25) is 0 Å². The zero-order chi connectivity index (χ0) is 13.5. The Hall–Kier alpha value is -0.120. The Kier molecular flexibility index (Phi) is 3.78. The largest absolute Gasteiger partial charge is 0.314 e. The lowest BCUT2D eigenvalue weighted by atomic mass is 9.92. The van der Waals surface area contributed by atoms with Crippen LogP contribution in [0.4, 0.5) is 0 Å². The minimum atomic E-state index is 0.810. The van der Waals surface area contributed by atoms with Crippen LogP contribution in [0.2, 0.25) is 0 Å². The molecule has 0 aromatic carbocycles. The van der Waals surface area contributed by atoms with Crippen molar-refractivity contribution in [3.63, 3.8) is 0 Å². The number of nitrogens with zero attached hydrogens (tertiary/aromatic N) is 2. The number of hydrogen-bond acceptors (Lipinski definition) is 3. The van der Waals surface area contributed by atoms with E-state index in [1.807, 2.05) is 0 Å². The monoisotopic (exact) mass is 277 g/mol. The van der Waals surface area contributed by atoms with Gasteiger partial charge in [-0.15, -0.1) is 0 Å². The van der Waals surface area contributed by atoms with Crippen LogP contribution >= 0.6 is 0 Å². The number of fused-ring (bicyclic) bond motifs is 3. The summed E-state index contributed by atoms with van der Waals surface area (Å²) in [4.78, 5) is 5.78. The van der Waals surface area contributed by atoms with Crippen molar-refractivity contribution < 1.29 is 0 Å². The molecule has 4 heterocycles. The van der Waals surface area contributed by atoms with Gasteiger partial charge in [-0.25, -0.2) is 0 Å². The summed E-state index contributed by atoms with van der Waals surface area (Å²) in [5, 5.41) is 3.79. The van der Waals surface area contributed by atoms with Crippen LogP contribution in [0.15, 0.2) is 0 Å². The molecule has 4 fully saturated rings. The predicted molar refractivity (Wildman–Crippen MR) is 83.0 cm³/mol. The Bertz CT molecular complexity index is 331. The van der Waals surface area contributed by atoms with Crippen molar-refractivity contribution >= 4 is 0 Å². The Morgan fingerprint density at radius 3 is 2.50 bits per heavy atom. The maximum atomic E-state index is 3.79. The van der Waals surface area contributed by atoms with E-state index >= 15 is 0 Å². The van der Waals surface area contributed by atoms with Gasteiger partial charge < -0.3 is 5.32 Å². The van der Waals surface area contributed by atoms with Crippen LogP contribution < -0.4 is 5.32 Å². The molecule has 20 heavy (non-hydrogen) atoms. The molecular formula is C17H31N3. The van der Waals surface area contributed by atoms with Crippen molar-refractivity contribution in [2.24, 2.45) is 0 Å². The standard InChI is InChI=1S/C17H31N3/c1-2-8-18-13-11-14-5-6-15(12-13)20(14)17-7-10-19-9-3-4-16(17)19/h13-18H,2-12H2,1H3. The van der Waals surface area contributed by atoms with Crippen LogP contribution in [0.3, 0.4) is 0 Å². The maximum absolute atomic E-state index is 3.79. The van der Waals surface area contributed by atoms with Crippen molar-refractivity contribution in [3.8, 4) is 0 Å². The minimum Gasteiger partial charge on any atom is -0.314 e. The summed E-state index contributed by atoms with van der Waals surface area (Å²) in [6.45, 7) is 6.25. The lowest BCUT2D eigenvalue weighted by molar-refractivity contribution is 0.0559. The Morgan fingerprint density at radius 1 is 0.950 bits per heavy atom. The van der Waals surface area contributed by atoms with E-state index in [1.54, 1.807) is 0 Å². The van der Waals surface area contributed by atoms with Crippen molar-refractivity contribution in [1.82, 2.24) is 15.1 Å². The molecule has 0 saturated carbocycles. The normalized spacial score (nSPS) is 45.1. The average molecular weight is 277 g/mol. The summed E-state index contributed by atoms with van der Waals surface area (Å²) < 4.78 is 0. The van der Waals surface area contributed by atoms with Gasteiger partial charge >= 0.3 is 0 Å². The highest BCUT2D eigenvalue weighted by Crippen LogP contribution is 2.42. The fraction of sp³-hybridized carbons (Fsp3) is 1.00. The number of hydrogen-bond donors (Lipinski definition) is 1. The van der Waals surface area contributed by atoms with E-state index in [9.17, 15) is 0 Å². The van der Waals surface area contributed by atoms with Crippen LogP contribution in [-0.2, 0) is 0 Å². The third-order valence-electron chi connectivity index (χ3n) is 6.43. The Balaban J connectivity index is 1.43. The molecule has 4 unspecified atom stereocenters. The molecule has 4 rings (SSSR count). The molecule has 0 aliphatic carbocycles. The molecule has 0 radical (unpaired) electrons. The van der Waals surface area contributed by atoms with Gasteiger partial charge in [0.1, 0.15) is 0 Å². The van der Waals surface area contributed by atoms with Crippen molar-refractivity contribution in [1.29, 1.82) is 0 Å². The smallest absolute Gasteiger partial charge is 0.0269 e. The summed E-state index contributed by atoms with van der Waals surface area (Å²) in [6.07, 6.45) is 11.4. The van der Waals surface area contributed by atoms with Gasteiger partial charge in [-0.1, -0.05) is 6.92 Å². The third-order valence-corrected chi connectivity index (χ3v) is 6.43. The second kappa shape index (κ2) is 5.58. The van der Waals surface area contributed by atoms with Gasteiger partial charge in [0, 0.05) is 36.8 Å². The Labute approximate surface area is 124 Å². The first-order valence-electron chi connectivity index (χ1n) is 9.11. The van der Waals surface area contributed by atoms with Crippen LogP contribution in [-0.4, -0.2) is 59.6 Å². The van der Waals surface area contributed by atoms with E-state index in [2.05, 4.69) is 22.0 Å². The Morgan fingerprint density at radius 2 is 1.75 bits per heavy atom. The highest BCUT2D eigenvalue weighted by atomic mass is 15.3. The highest BCUT2D eigenvalue weighted by molar-refractivity contribution is 5.06. The molecule has 0 aromatic rings. The molecule has 114 valence electrons. The van der Waals surface area contributed by atoms with E-state index in [4.69, 9.17) is 0 Å². The highest BCUT2D eigenvalue weighted by Gasteiger charge is 2.49. The molecule has 4 aliphatic heterocycles. The van der Waals surface area contributed by atoms with Crippen LogP contribution in [0.25, 0.3) is 0 Å². The van der Waals surface area contributed by atoms with Crippen molar-refractivity contribution in [2.45, 2.75) is 88.5 Å². The van der Waals surface area contributed by atoms with Gasteiger partial charge in [-0.2, -0.15) is 0 Å². The average Bonchev–Trinajstić information content (AvgIpc) is 3.10. The lowest BCUT2D eigenvalue weighted by Gasteiger charge is -2.44. The molecule has 0 spiro atoms. The van der Waals surface area contributed by atoms with Crippen LogP contribution in [0.1, 0.15) is 58.3 Å². The fourth-order valence-electron chi connectivity index (χ4n) is 5.67. The first kappa shape index (κ1) is 13.5. The SMILES string of the molecule is CCCNC1CC2CCC(C1)N2C1CCN2CCCC12. The molecule has 2 bridgehead atoms. The fourth-order valence-corrected chi connectivity index (χ4v) is 5.67. The quantitative estimate of drug-likeness (QED) is 0.850. The molecule has 4 saturated heterocycles. The van der Waals surface area contributed by atoms with E-state index in [0.717, 1.165) is 30.2 Å². The molecule has 4 aliphatic rings. The minimum absolute atomic E-state index is 0.810. The van der Waals surface area contributed by atoms with Gasteiger partial charge in [-0.05, 0) is 64.5 Å².